The van der Waals surface area contributed by atoms with E-state index in [0.29, 0.717) is 19.4 Å². The number of aliphatic hydroxyl groups is 1. The van der Waals surface area contributed by atoms with Gasteiger partial charge >= 0.3 is 12.3 Å². The first kappa shape index (κ1) is 17.0. The second-order valence-corrected chi connectivity index (χ2v) is 6.14. The van der Waals surface area contributed by atoms with Gasteiger partial charge in [-0.05, 0) is 31.6 Å². The Balaban J connectivity index is 1.76. The molecule has 1 aliphatic heterocycles. The maximum atomic E-state index is 12.7. The van der Waals surface area contributed by atoms with Crippen molar-refractivity contribution in [2.75, 3.05) is 19.8 Å². The highest BCUT2D eigenvalue weighted by Gasteiger charge is 2.43. The van der Waals surface area contributed by atoms with E-state index in [1.165, 1.54) is 0 Å². The van der Waals surface area contributed by atoms with E-state index < -0.39 is 25.1 Å². The van der Waals surface area contributed by atoms with Crippen LogP contribution in [0.1, 0.15) is 38.5 Å². The van der Waals surface area contributed by atoms with Gasteiger partial charge in [-0.2, -0.15) is 8.78 Å². The fourth-order valence-corrected chi connectivity index (χ4v) is 3.28. The van der Waals surface area contributed by atoms with Crippen molar-refractivity contribution >= 4 is 0 Å². The first-order chi connectivity index (χ1) is 9.85. The molecule has 2 atom stereocenters. The molecule has 1 saturated carbocycles. The van der Waals surface area contributed by atoms with Crippen LogP contribution in [0.4, 0.5) is 17.6 Å². The van der Waals surface area contributed by atoms with Crippen LogP contribution in [-0.4, -0.2) is 49.0 Å². The van der Waals surface area contributed by atoms with Gasteiger partial charge in [0, 0.05) is 6.61 Å². The van der Waals surface area contributed by atoms with E-state index in [0.717, 1.165) is 25.7 Å². The van der Waals surface area contributed by atoms with E-state index in [-0.39, 0.29) is 18.1 Å². The fourth-order valence-electron chi connectivity index (χ4n) is 3.28. The zero-order valence-corrected chi connectivity index (χ0v) is 11.9. The summed E-state index contributed by atoms with van der Waals surface area (Å²) >= 11 is 0. The highest BCUT2D eigenvalue weighted by atomic mass is 19.3. The topological polar surface area (TPSA) is 38.7 Å². The number of hydrogen-bond donors (Lipinski definition) is 1. The highest BCUT2D eigenvalue weighted by Crippen LogP contribution is 2.42. The molecule has 0 aromatic rings. The van der Waals surface area contributed by atoms with Crippen molar-refractivity contribution in [3.63, 3.8) is 0 Å². The molecule has 0 amide bonds. The zero-order chi connectivity index (χ0) is 15.5. The highest BCUT2D eigenvalue weighted by molar-refractivity contribution is 4.92. The van der Waals surface area contributed by atoms with E-state index in [4.69, 9.17) is 4.74 Å². The first-order valence-electron chi connectivity index (χ1n) is 7.40. The van der Waals surface area contributed by atoms with Crippen molar-refractivity contribution in [1.29, 1.82) is 0 Å². The van der Waals surface area contributed by atoms with Crippen LogP contribution in [0.15, 0.2) is 0 Å². The second kappa shape index (κ2) is 6.79. The van der Waals surface area contributed by atoms with Gasteiger partial charge in [-0.3, -0.25) is 0 Å². The Kier molecular flexibility index (Phi) is 5.48. The lowest BCUT2D eigenvalue weighted by atomic mass is 9.82. The normalized spacial score (nSPS) is 27.4. The molecule has 1 saturated heterocycles. The smallest absolute Gasteiger partial charge is 0.330 e. The molecule has 1 N–H and O–H groups in total. The van der Waals surface area contributed by atoms with Gasteiger partial charge < -0.3 is 14.6 Å². The molecule has 2 aliphatic rings. The molecule has 2 fully saturated rings. The van der Waals surface area contributed by atoms with Crippen molar-refractivity contribution in [2.45, 2.75) is 62.6 Å². The monoisotopic (exact) mass is 314 g/mol. The summed E-state index contributed by atoms with van der Waals surface area (Å²) in [7, 11) is 0. The number of rotatable bonds is 6. The summed E-state index contributed by atoms with van der Waals surface area (Å²) in [5, 5.41) is 10.0. The minimum Gasteiger partial charge on any atom is -0.390 e. The van der Waals surface area contributed by atoms with E-state index >= 15 is 0 Å². The van der Waals surface area contributed by atoms with Crippen LogP contribution < -0.4 is 0 Å². The maximum absolute atomic E-state index is 12.7. The van der Waals surface area contributed by atoms with E-state index in [1.54, 1.807) is 0 Å². The molecular formula is C14H22F4O3. The van der Waals surface area contributed by atoms with Crippen LogP contribution in [0.5, 0.6) is 0 Å². The quantitative estimate of drug-likeness (QED) is 0.766. The Labute approximate surface area is 121 Å². The summed E-state index contributed by atoms with van der Waals surface area (Å²) in [6.07, 6.45) is 0.764. The molecule has 21 heavy (non-hydrogen) atoms. The van der Waals surface area contributed by atoms with Crippen molar-refractivity contribution in [2.24, 2.45) is 5.92 Å². The zero-order valence-electron chi connectivity index (χ0n) is 11.9. The molecule has 2 unspecified atom stereocenters. The number of alkyl halides is 4. The van der Waals surface area contributed by atoms with Gasteiger partial charge in [0.15, 0.2) is 0 Å². The second-order valence-electron chi connectivity index (χ2n) is 6.14. The maximum Gasteiger partial charge on any atom is 0.330 e. The summed E-state index contributed by atoms with van der Waals surface area (Å²) in [5.74, 6) is -4.25. The molecule has 0 aromatic carbocycles. The van der Waals surface area contributed by atoms with Gasteiger partial charge in [-0.25, -0.2) is 8.78 Å². The number of aliphatic hydroxyl groups excluding tert-OH is 1. The van der Waals surface area contributed by atoms with Gasteiger partial charge in [0.2, 0.25) is 0 Å². The van der Waals surface area contributed by atoms with Gasteiger partial charge in [0.25, 0.3) is 0 Å². The number of ether oxygens (including phenoxy) is 2. The minimum absolute atomic E-state index is 0.0861. The molecule has 124 valence electrons. The Morgan fingerprint density at radius 2 is 1.95 bits per heavy atom. The largest absolute Gasteiger partial charge is 0.390 e. The number of hydrogen-bond acceptors (Lipinski definition) is 3. The Morgan fingerprint density at radius 1 is 1.29 bits per heavy atom. The lowest BCUT2D eigenvalue weighted by molar-refractivity contribution is -0.176. The third-order valence-corrected chi connectivity index (χ3v) is 4.49. The molecule has 3 nitrogen and oxygen atoms in total. The Bertz CT molecular complexity index is 332. The Morgan fingerprint density at radius 3 is 2.57 bits per heavy atom. The molecule has 1 aliphatic carbocycles. The summed E-state index contributed by atoms with van der Waals surface area (Å²) in [6, 6.07) is 0. The van der Waals surface area contributed by atoms with Crippen molar-refractivity contribution < 1.29 is 32.1 Å². The van der Waals surface area contributed by atoms with Crippen LogP contribution in [0.3, 0.4) is 0 Å². The van der Waals surface area contributed by atoms with Gasteiger partial charge in [-0.1, -0.05) is 12.8 Å². The van der Waals surface area contributed by atoms with Gasteiger partial charge in [0.05, 0.1) is 18.3 Å². The standard InChI is InChI=1S/C14H22F4O3/c15-12(16)14(17,18)9-20-8-11(19)10-3-6-21-13(7-10)4-1-2-5-13/h10-12,19H,1-9H2. The van der Waals surface area contributed by atoms with Crippen molar-refractivity contribution in [3.05, 3.63) is 0 Å². The molecule has 0 bridgehead atoms. The van der Waals surface area contributed by atoms with Crippen LogP contribution in [0, 0.1) is 5.92 Å². The molecule has 0 radical (unpaired) electrons. The lowest BCUT2D eigenvalue weighted by Crippen LogP contribution is -2.43. The average Bonchev–Trinajstić information content (AvgIpc) is 2.86. The minimum atomic E-state index is -4.16. The summed E-state index contributed by atoms with van der Waals surface area (Å²) in [5.41, 5.74) is -0.184. The van der Waals surface area contributed by atoms with Crippen LogP contribution in [-0.2, 0) is 9.47 Å². The molecule has 2 rings (SSSR count). The fraction of sp³-hybridized carbons (Fsp3) is 1.00. The van der Waals surface area contributed by atoms with E-state index in [2.05, 4.69) is 4.74 Å². The van der Waals surface area contributed by atoms with Crippen molar-refractivity contribution in [1.82, 2.24) is 0 Å². The van der Waals surface area contributed by atoms with Crippen molar-refractivity contribution in [3.8, 4) is 0 Å². The predicted molar refractivity (Wildman–Crippen MR) is 67.7 cm³/mol. The third kappa shape index (κ3) is 4.29. The summed E-state index contributed by atoms with van der Waals surface area (Å²) in [6.45, 7) is -1.17. The molecule has 0 aromatic heterocycles. The molecular weight excluding hydrogens is 292 g/mol. The van der Waals surface area contributed by atoms with Gasteiger partial charge in [0.1, 0.15) is 6.61 Å². The van der Waals surface area contributed by atoms with Crippen LogP contribution in [0.2, 0.25) is 0 Å². The van der Waals surface area contributed by atoms with Crippen LogP contribution in [0.25, 0.3) is 0 Å². The summed E-state index contributed by atoms with van der Waals surface area (Å²) in [4.78, 5) is 0. The first-order valence-corrected chi connectivity index (χ1v) is 7.40. The SMILES string of the molecule is OC(COCC(F)(F)C(F)F)C1CCOC2(CCCC2)C1. The average molecular weight is 314 g/mol. The number of halogens is 4. The van der Waals surface area contributed by atoms with E-state index in [9.17, 15) is 22.7 Å². The Hall–Kier alpha value is -0.400. The van der Waals surface area contributed by atoms with Crippen LogP contribution >= 0.6 is 0 Å². The summed E-state index contributed by atoms with van der Waals surface area (Å²) < 4.78 is 59.8. The third-order valence-electron chi connectivity index (χ3n) is 4.49. The molecule has 1 spiro atoms. The van der Waals surface area contributed by atoms with Gasteiger partial charge in [-0.15, -0.1) is 0 Å². The lowest BCUT2D eigenvalue weighted by Gasteiger charge is -2.40. The molecule has 1 heterocycles. The molecule has 7 heteroatoms. The van der Waals surface area contributed by atoms with E-state index in [1.807, 2.05) is 0 Å². The predicted octanol–water partition coefficient (Wildman–Crippen LogP) is 3.00.